The fourth-order valence-corrected chi connectivity index (χ4v) is 2.70. The van der Waals surface area contributed by atoms with E-state index in [1.54, 1.807) is 0 Å². The summed E-state index contributed by atoms with van der Waals surface area (Å²) in [6, 6.07) is 20.3. The lowest BCUT2D eigenvalue weighted by Crippen LogP contribution is -2.11. The Morgan fingerprint density at radius 3 is 2.23 bits per heavy atom. The van der Waals surface area contributed by atoms with Gasteiger partial charge in [-0.05, 0) is 5.56 Å². The van der Waals surface area contributed by atoms with Crippen molar-refractivity contribution < 1.29 is 0 Å². The number of hydrogen-bond acceptors (Lipinski definition) is 4. The zero-order chi connectivity index (χ0) is 14.8. The molecular weight excluding hydrogens is 274 g/mol. The molecule has 3 aromatic rings. The van der Waals surface area contributed by atoms with E-state index in [1.165, 1.54) is 0 Å². The average Bonchev–Trinajstić information content (AvgIpc) is 3.25. The summed E-state index contributed by atoms with van der Waals surface area (Å²) in [6.45, 7) is 0. The van der Waals surface area contributed by atoms with Gasteiger partial charge in [-0.15, -0.1) is 0 Å². The third-order valence-electron chi connectivity index (χ3n) is 3.81. The first-order valence-electron chi connectivity index (χ1n) is 7.25. The molecule has 1 atom stereocenters. The summed E-state index contributed by atoms with van der Waals surface area (Å²) >= 11 is 0. The summed E-state index contributed by atoms with van der Waals surface area (Å²) in [5, 5.41) is 15.8. The van der Waals surface area contributed by atoms with Crippen LogP contribution in [0.5, 0.6) is 0 Å². The highest BCUT2D eigenvalue weighted by atomic mass is 15.4. The van der Waals surface area contributed by atoms with Gasteiger partial charge in [-0.1, -0.05) is 60.7 Å². The first-order chi connectivity index (χ1) is 10.9. The third kappa shape index (κ3) is 2.26. The number of benzene rings is 2. The molecule has 0 amide bonds. The first-order valence-corrected chi connectivity index (χ1v) is 7.25. The molecule has 2 N–H and O–H groups in total. The number of H-pyrrole nitrogens is 1. The van der Waals surface area contributed by atoms with Crippen LogP contribution in [0.2, 0.25) is 0 Å². The molecule has 0 bridgehead atoms. The molecule has 2 heterocycles. The van der Waals surface area contributed by atoms with E-state index in [9.17, 15) is 0 Å². The van der Waals surface area contributed by atoms with Crippen LogP contribution in [-0.2, 0) is 0 Å². The van der Waals surface area contributed by atoms with Crippen LogP contribution in [-0.4, -0.2) is 21.1 Å². The maximum atomic E-state index is 4.46. The van der Waals surface area contributed by atoms with Crippen molar-refractivity contribution in [2.45, 2.75) is 12.5 Å². The highest BCUT2D eigenvalue weighted by molar-refractivity contribution is 6.01. The van der Waals surface area contributed by atoms with Gasteiger partial charge in [0.15, 0.2) is 0 Å². The second kappa shape index (κ2) is 5.44. The van der Waals surface area contributed by atoms with Gasteiger partial charge in [-0.3, -0.25) is 0 Å². The molecule has 22 heavy (non-hydrogen) atoms. The monoisotopic (exact) mass is 289 g/mol. The fraction of sp³-hybridized carbons (Fsp3) is 0.118. The van der Waals surface area contributed by atoms with Crippen LogP contribution in [0, 0.1) is 0 Å². The minimum atomic E-state index is 0.0455. The van der Waals surface area contributed by atoms with E-state index in [0.717, 1.165) is 34.6 Å². The van der Waals surface area contributed by atoms with Crippen molar-refractivity contribution in [3.8, 4) is 11.3 Å². The molecule has 5 nitrogen and oxygen atoms in total. The van der Waals surface area contributed by atoms with Crippen LogP contribution >= 0.6 is 0 Å². The van der Waals surface area contributed by atoms with E-state index in [2.05, 4.69) is 38.1 Å². The van der Waals surface area contributed by atoms with Gasteiger partial charge < -0.3 is 5.43 Å². The second-order valence-electron chi connectivity index (χ2n) is 5.23. The summed E-state index contributed by atoms with van der Waals surface area (Å²) in [6.07, 6.45) is 0.802. The van der Waals surface area contributed by atoms with Crippen LogP contribution in [0.3, 0.4) is 0 Å². The summed E-state index contributed by atoms with van der Waals surface area (Å²) in [5.74, 6) is 0. The topological polar surface area (TPSA) is 66.0 Å². The van der Waals surface area contributed by atoms with Crippen molar-refractivity contribution in [2.24, 2.45) is 5.10 Å². The number of nitrogens with zero attached hydrogens (tertiary/aromatic N) is 3. The molecule has 1 aliphatic rings. The van der Waals surface area contributed by atoms with Crippen molar-refractivity contribution >= 4 is 5.71 Å². The standard InChI is InChI=1S/C17H15N5/c1-3-7-12(8-4-1)14-11-15(19-18-14)17-16(20-22-21-17)13-9-5-2-6-10-13/h1-10,15,19H,11H2,(H,20,21,22). The van der Waals surface area contributed by atoms with Gasteiger partial charge in [0, 0.05) is 12.0 Å². The molecule has 0 saturated carbocycles. The molecule has 0 saturated heterocycles. The third-order valence-corrected chi connectivity index (χ3v) is 3.81. The highest BCUT2D eigenvalue weighted by Crippen LogP contribution is 2.29. The van der Waals surface area contributed by atoms with Crippen molar-refractivity contribution in [3.05, 3.63) is 71.9 Å². The smallest absolute Gasteiger partial charge is 0.118 e. The van der Waals surface area contributed by atoms with Crippen LogP contribution in [0.25, 0.3) is 11.3 Å². The molecule has 108 valence electrons. The van der Waals surface area contributed by atoms with E-state index in [0.29, 0.717) is 0 Å². The second-order valence-corrected chi connectivity index (χ2v) is 5.23. The molecule has 1 aromatic heterocycles. The largest absolute Gasteiger partial charge is 0.300 e. The van der Waals surface area contributed by atoms with Crippen LogP contribution in [0.4, 0.5) is 0 Å². The molecular formula is C17H15N5. The average molecular weight is 289 g/mol. The predicted molar refractivity (Wildman–Crippen MR) is 85.3 cm³/mol. The lowest BCUT2D eigenvalue weighted by Gasteiger charge is -2.08. The van der Waals surface area contributed by atoms with E-state index >= 15 is 0 Å². The lowest BCUT2D eigenvalue weighted by atomic mass is 10.00. The molecule has 2 aromatic carbocycles. The molecule has 1 unspecified atom stereocenters. The van der Waals surface area contributed by atoms with Crippen LogP contribution < -0.4 is 5.43 Å². The van der Waals surface area contributed by atoms with E-state index in [1.807, 2.05) is 48.5 Å². The molecule has 0 spiro atoms. The number of nitrogens with one attached hydrogen (secondary N) is 2. The number of aromatic nitrogens is 3. The van der Waals surface area contributed by atoms with Gasteiger partial charge >= 0.3 is 0 Å². The Morgan fingerprint density at radius 2 is 1.50 bits per heavy atom. The SMILES string of the molecule is c1ccc(C2=NNC(c3n[nH]nc3-c3ccccc3)C2)cc1. The van der Waals surface area contributed by atoms with E-state index in [-0.39, 0.29) is 6.04 Å². The molecule has 4 rings (SSSR count). The van der Waals surface area contributed by atoms with Gasteiger partial charge in [0.2, 0.25) is 0 Å². The van der Waals surface area contributed by atoms with Crippen molar-refractivity contribution in [3.63, 3.8) is 0 Å². The lowest BCUT2D eigenvalue weighted by molar-refractivity contribution is 0.602. The van der Waals surface area contributed by atoms with Gasteiger partial charge in [-0.2, -0.15) is 20.5 Å². The maximum Gasteiger partial charge on any atom is 0.118 e. The van der Waals surface area contributed by atoms with Crippen molar-refractivity contribution in [2.75, 3.05) is 0 Å². The number of hydrazone groups is 1. The molecule has 0 radical (unpaired) electrons. The number of rotatable bonds is 3. The van der Waals surface area contributed by atoms with Crippen molar-refractivity contribution in [1.82, 2.24) is 20.8 Å². The minimum absolute atomic E-state index is 0.0455. The predicted octanol–water partition coefficient (Wildman–Crippen LogP) is 2.91. The Kier molecular flexibility index (Phi) is 3.16. The Bertz CT molecular complexity index is 792. The number of hydrogen-bond donors (Lipinski definition) is 2. The van der Waals surface area contributed by atoms with E-state index in [4.69, 9.17) is 0 Å². The van der Waals surface area contributed by atoms with Gasteiger partial charge in [-0.25, -0.2) is 0 Å². The molecule has 1 aliphatic heterocycles. The van der Waals surface area contributed by atoms with Gasteiger partial charge in [0.05, 0.1) is 11.8 Å². The zero-order valence-electron chi connectivity index (χ0n) is 11.9. The van der Waals surface area contributed by atoms with Gasteiger partial charge in [0.1, 0.15) is 11.4 Å². The normalized spacial score (nSPS) is 17.1. The highest BCUT2D eigenvalue weighted by Gasteiger charge is 2.26. The van der Waals surface area contributed by atoms with Crippen LogP contribution in [0.15, 0.2) is 65.8 Å². The first kappa shape index (κ1) is 12.8. The minimum Gasteiger partial charge on any atom is -0.300 e. The Labute approximate surface area is 128 Å². The zero-order valence-corrected chi connectivity index (χ0v) is 11.9. The van der Waals surface area contributed by atoms with Crippen molar-refractivity contribution in [1.29, 1.82) is 0 Å². The Balaban J connectivity index is 1.60. The molecule has 0 fully saturated rings. The maximum absolute atomic E-state index is 4.46. The summed E-state index contributed by atoms with van der Waals surface area (Å²) in [5.41, 5.74) is 8.21. The van der Waals surface area contributed by atoms with Crippen LogP contribution in [0.1, 0.15) is 23.7 Å². The Morgan fingerprint density at radius 1 is 0.818 bits per heavy atom. The summed E-state index contributed by atoms with van der Waals surface area (Å²) < 4.78 is 0. The van der Waals surface area contributed by atoms with Gasteiger partial charge in [0.25, 0.3) is 0 Å². The fourth-order valence-electron chi connectivity index (χ4n) is 2.70. The molecule has 5 heteroatoms. The van der Waals surface area contributed by atoms with E-state index < -0.39 is 0 Å². The summed E-state index contributed by atoms with van der Waals surface area (Å²) in [4.78, 5) is 0. The Hall–Kier alpha value is -2.95. The molecule has 0 aliphatic carbocycles. The number of aromatic amines is 1. The quantitative estimate of drug-likeness (QED) is 0.779. The summed E-state index contributed by atoms with van der Waals surface area (Å²) in [7, 11) is 0.